The van der Waals surface area contributed by atoms with Crippen molar-refractivity contribution in [3.63, 3.8) is 0 Å². The van der Waals surface area contributed by atoms with Gasteiger partial charge in [0.2, 0.25) is 5.43 Å². The van der Waals surface area contributed by atoms with Crippen LogP contribution in [0.15, 0.2) is 59.5 Å². The summed E-state index contributed by atoms with van der Waals surface area (Å²) in [6.07, 6.45) is 3.71. The molecule has 1 saturated heterocycles. The molecule has 5 rings (SSSR count). The molecule has 0 radical (unpaired) electrons. The van der Waals surface area contributed by atoms with E-state index in [2.05, 4.69) is 5.32 Å². The molecule has 2 atom stereocenters. The van der Waals surface area contributed by atoms with E-state index in [1.165, 1.54) is 12.3 Å². The van der Waals surface area contributed by atoms with Gasteiger partial charge in [-0.15, -0.1) is 0 Å². The maximum Gasteiger partial charge on any atom is 0.278 e. The second-order valence-electron chi connectivity index (χ2n) is 9.82. The lowest BCUT2D eigenvalue weighted by molar-refractivity contribution is 0.0496. The zero-order valence-corrected chi connectivity index (χ0v) is 21.8. The Hall–Kier alpha value is -4.21. The third-order valence-electron chi connectivity index (χ3n) is 7.33. The fraction of sp³-hybridized carbons (Fsp3) is 0.345. The van der Waals surface area contributed by atoms with Gasteiger partial charge >= 0.3 is 0 Å². The van der Waals surface area contributed by atoms with Gasteiger partial charge in [0.15, 0.2) is 11.4 Å². The molecule has 39 heavy (non-hydrogen) atoms. The molecule has 1 aromatic heterocycles. The predicted octanol–water partition coefficient (Wildman–Crippen LogP) is 3.95. The van der Waals surface area contributed by atoms with Crippen LogP contribution in [-0.4, -0.2) is 40.1 Å². The Kier molecular flexibility index (Phi) is 7.36. The third-order valence-corrected chi connectivity index (χ3v) is 7.33. The smallest absolute Gasteiger partial charge is 0.278 e. The molecule has 2 aliphatic heterocycles. The van der Waals surface area contributed by atoms with E-state index >= 15 is 0 Å². The van der Waals surface area contributed by atoms with Crippen molar-refractivity contribution in [2.24, 2.45) is 0 Å². The first-order chi connectivity index (χ1) is 18.8. The molecular weight excluding hydrogens is 506 g/mol. The summed E-state index contributed by atoms with van der Waals surface area (Å²) in [6.45, 7) is 4.15. The Morgan fingerprint density at radius 1 is 1.10 bits per heavy atom. The summed E-state index contributed by atoms with van der Waals surface area (Å²) in [5, 5.41) is 4.58. The van der Waals surface area contributed by atoms with Crippen molar-refractivity contribution in [1.82, 2.24) is 14.9 Å². The number of pyridine rings is 1. The molecule has 2 aromatic carbocycles. The number of benzene rings is 2. The zero-order valence-electron chi connectivity index (χ0n) is 21.8. The highest BCUT2D eigenvalue weighted by Gasteiger charge is 2.43. The molecule has 3 aromatic rings. The predicted molar refractivity (Wildman–Crippen MR) is 141 cm³/mol. The van der Waals surface area contributed by atoms with E-state index in [4.69, 9.17) is 4.74 Å². The minimum absolute atomic E-state index is 0.0212. The number of hydrogen-bond acceptors (Lipinski definition) is 5. The van der Waals surface area contributed by atoms with Crippen LogP contribution in [0.5, 0.6) is 5.75 Å². The van der Waals surface area contributed by atoms with E-state index in [0.717, 1.165) is 37.0 Å². The number of nitrogens with zero attached hydrogens (tertiary/aromatic N) is 3. The Morgan fingerprint density at radius 2 is 1.87 bits per heavy atom. The molecule has 0 aliphatic carbocycles. The topological polar surface area (TPSA) is 83.9 Å². The summed E-state index contributed by atoms with van der Waals surface area (Å²) in [4.78, 5) is 42.4. The lowest BCUT2D eigenvalue weighted by Gasteiger charge is -2.51. The summed E-state index contributed by atoms with van der Waals surface area (Å²) in [7, 11) is 0. The molecule has 2 aliphatic rings. The van der Waals surface area contributed by atoms with Gasteiger partial charge in [-0.05, 0) is 44.7 Å². The highest BCUT2D eigenvalue weighted by atomic mass is 19.1. The average molecular weight is 537 g/mol. The number of halogens is 2. The van der Waals surface area contributed by atoms with Crippen molar-refractivity contribution in [1.29, 1.82) is 0 Å². The number of carbonyl (C=O) groups excluding carboxylic acids is 2. The van der Waals surface area contributed by atoms with Gasteiger partial charge in [0, 0.05) is 37.0 Å². The number of nitrogens with one attached hydrogen (secondary N) is 1. The highest BCUT2D eigenvalue weighted by Crippen LogP contribution is 2.33. The number of fused-ring (bicyclic) bond motifs is 3. The number of rotatable bonds is 7. The van der Waals surface area contributed by atoms with Gasteiger partial charge in [0.1, 0.15) is 30.0 Å². The maximum atomic E-state index is 14.1. The fourth-order valence-corrected chi connectivity index (χ4v) is 5.35. The van der Waals surface area contributed by atoms with E-state index in [-0.39, 0.29) is 53.8 Å². The average Bonchev–Trinajstić information content (AvgIpc) is 2.92. The second-order valence-corrected chi connectivity index (χ2v) is 9.82. The summed E-state index contributed by atoms with van der Waals surface area (Å²) in [5.74, 6) is -2.84. The van der Waals surface area contributed by atoms with Crippen molar-refractivity contribution in [2.45, 2.75) is 58.5 Å². The number of piperidine rings is 1. The van der Waals surface area contributed by atoms with Gasteiger partial charge < -0.3 is 15.0 Å². The molecule has 10 heteroatoms. The van der Waals surface area contributed by atoms with Gasteiger partial charge in [-0.25, -0.2) is 8.78 Å². The Labute approximate surface area is 224 Å². The van der Waals surface area contributed by atoms with E-state index in [1.807, 2.05) is 49.2 Å². The van der Waals surface area contributed by atoms with E-state index in [9.17, 15) is 23.2 Å². The Balaban J connectivity index is 1.58. The number of hydrogen-bond donors (Lipinski definition) is 1. The van der Waals surface area contributed by atoms with Crippen LogP contribution in [0.25, 0.3) is 0 Å². The fourth-order valence-electron chi connectivity index (χ4n) is 5.35. The summed E-state index contributed by atoms with van der Waals surface area (Å²) in [5.41, 5.74) is -0.0387. The van der Waals surface area contributed by atoms with Crippen LogP contribution in [0, 0.1) is 11.6 Å². The number of ether oxygens (including phenoxy) is 1. The van der Waals surface area contributed by atoms with Crippen LogP contribution in [0.4, 0.5) is 8.78 Å². The van der Waals surface area contributed by atoms with E-state index in [1.54, 1.807) is 9.58 Å². The van der Waals surface area contributed by atoms with Crippen molar-refractivity contribution < 1.29 is 23.1 Å². The van der Waals surface area contributed by atoms with E-state index < -0.39 is 23.0 Å². The van der Waals surface area contributed by atoms with Gasteiger partial charge in [-0.2, -0.15) is 0 Å². The minimum Gasteiger partial charge on any atom is -0.482 e. The molecule has 0 spiro atoms. The molecule has 2 amide bonds. The van der Waals surface area contributed by atoms with Crippen LogP contribution in [0.3, 0.4) is 0 Å². The molecule has 8 nitrogen and oxygen atoms in total. The molecule has 0 bridgehead atoms. The third kappa shape index (κ3) is 4.98. The normalized spacial score (nSPS) is 18.4. The van der Waals surface area contributed by atoms with Crippen LogP contribution < -0.4 is 20.5 Å². The summed E-state index contributed by atoms with van der Waals surface area (Å²) >= 11 is 0. The first kappa shape index (κ1) is 26.4. The molecule has 0 saturated carbocycles. The van der Waals surface area contributed by atoms with E-state index in [0.29, 0.717) is 6.54 Å². The molecule has 3 heterocycles. The van der Waals surface area contributed by atoms with Crippen LogP contribution in [-0.2, 0) is 13.2 Å². The minimum atomic E-state index is -0.806. The van der Waals surface area contributed by atoms with Crippen LogP contribution in [0.1, 0.15) is 65.1 Å². The van der Waals surface area contributed by atoms with Crippen molar-refractivity contribution >= 4 is 11.8 Å². The Morgan fingerprint density at radius 3 is 2.59 bits per heavy atom. The first-order valence-electron chi connectivity index (χ1n) is 13.1. The quantitative estimate of drug-likeness (QED) is 0.495. The molecule has 1 fully saturated rings. The van der Waals surface area contributed by atoms with Crippen molar-refractivity contribution in [3.05, 3.63) is 99.0 Å². The van der Waals surface area contributed by atoms with Gasteiger partial charge in [-0.1, -0.05) is 36.4 Å². The molecule has 1 N–H and O–H groups in total. The summed E-state index contributed by atoms with van der Waals surface area (Å²) in [6, 6.07) is 12.3. The SMILES string of the molecule is CCN1C(=O)c2c(OCc3ccccc3)c(=O)c(C(=O)NCc3ccc(F)cc3F)cn2N2[C@H](C)CCC[C@@H]12. The largest absolute Gasteiger partial charge is 0.482 e. The van der Waals surface area contributed by atoms with Crippen molar-refractivity contribution in [3.8, 4) is 5.75 Å². The lowest BCUT2D eigenvalue weighted by Crippen LogP contribution is -2.65. The van der Waals surface area contributed by atoms with Crippen LogP contribution in [0.2, 0.25) is 0 Å². The molecule has 204 valence electrons. The number of amides is 2. The first-order valence-corrected chi connectivity index (χ1v) is 13.1. The lowest BCUT2D eigenvalue weighted by atomic mass is 10.00. The monoisotopic (exact) mass is 536 g/mol. The molecular formula is C29H30F2N4O4. The highest BCUT2D eigenvalue weighted by molar-refractivity contribution is 5.99. The maximum absolute atomic E-state index is 14.1. The Bertz CT molecular complexity index is 1460. The zero-order chi connectivity index (χ0) is 27.7. The summed E-state index contributed by atoms with van der Waals surface area (Å²) < 4.78 is 35.0. The van der Waals surface area contributed by atoms with Gasteiger partial charge in [0.05, 0.1) is 0 Å². The second kappa shape index (κ2) is 10.9. The van der Waals surface area contributed by atoms with Gasteiger partial charge in [0.25, 0.3) is 11.8 Å². The van der Waals surface area contributed by atoms with Gasteiger partial charge in [-0.3, -0.25) is 24.1 Å². The van der Waals surface area contributed by atoms with Crippen molar-refractivity contribution in [2.75, 3.05) is 11.6 Å². The standard InChI is InChI=1S/C29H30F2N4O4/c1-3-33-24-11-7-8-18(2)35(24)34-16-22(28(37)32-15-20-12-13-21(30)14-23(20)31)26(36)27(25(34)29(33)38)39-17-19-9-5-4-6-10-19/h4-6,9-10,12-14,16,18,24H,3,7-8,11,15,17H2,1-2H3,(H,32,37)/t18-,24+/m1/s1. The number of carbonyl (C=O) groups is 2. The number of aromatic nitrogens is 1. The molecule has 0 unspecified atom stereocenters. The van der Waals surface area contributed by atoms with Crippen LogP contribution >= 0.6 is 0 Å².